The van der Waals surface area contributed by atoms with Gasteiger partial charge in [0.2, 0.25) is 5.91 Å². The standard InChI is InChI=1S/C22H23N3O3/c1-14-5-3-6-16(13-14)25-21(26)18-19(15-7-9-17(28-2)10-8-15)23-11-4-12-24(23)20(18)22(25)27/h3,5-10,13,18-20H,4,11-12H2,1-2H3/t18-,19-,20-/m0/s1. The lowest BCUT2D eigenvalue weighted by atomic mass is 9.90. The molecule has 5 rings (SSSR count). The number of imide groups is 1. The number of hydrazine groups is 1. The van der Waals surface area contributed by atoms with Crippen molar-refractivity contribution in [2.45, 2.75) is 25.4 Å². The maximum atomic E-state index is 13.5. The van der Waals surface area contributed by atoms with Crippen LogP contribution in [0.25, 0.3) is 0 Å². The maximum absolute atomic E-state index is 13.5. The van der Waals surface area contributed by atoms with Crippen molar-refractivity contribution in [1.29, 1.82) is 0 Å². The molecular weight excluding hydrogens is 354 g/mol. The summed E-state index contributed by atoms with van der Waals surface area (Å²) in [7, 11) is 1.64. The minimum absolute atomic E-state index is 0.101. The lowest BCUT2D eigenvalue weighted by Gasteiger charge is -2.29. The van der Waals surface area contributed by atoms with Crippen molar-refractivity contribution in [2.75, 3.05) is 25.1 Å². The largest absolute Gasteiger partial charge is 0.497 e. The summed E-state index contributed by atoms with van der Waals surface area (Å²) >= 11 is 0. The topological polar surface area (TPSA) is 53.1 Å². The van der Waals surface area contributed by atoms with Gasteiger partial charge in [-0.2, -0.15) is 0 Å². The SMILES string of the molecule is COc1ccc([C@H]2[C@@H]3C(=O)N(c4cccc(C)c4)C(=O)[C@H]3N3CCCN23)cc1. The van der Waals surface area contributed by atoms with E-state index in [-0.39, 0.29) is 23.8 Å². The van der Waals surface area contributed by atoms with Gasteiger partial charge in [0.15, 0.2) is 0 Å². The summed E-state index contributed by atoms with van der Waals surface area (Å²) in [6.45, 7) is 3.65. The normalized spacial score (nSPS) is 27.4. The number of aryl methyl sites for hydroxylation is 1. The van der Waals surface area contributed by atoms with Crippen LogP contribution >= 0.6 is 0 Å². The van der Waals surface area contributed by atoms with Crippen molar-refractivity contribution >= 4 is 17.5 Å². The zero-order valence-electron chi connectivity index (χ0n) is 16.0. The van der Waals surface area contributed by atoms with Gasteiger partial charge in [-0.15, -0.1) is 0 Å². The summed E-state index contributed by atoms with van der Waals surface area (Å²) in [5, 5.41) is 4.34. The number of anilines is 1. The van der Waals surface area contributed by atoms with E-state index in [0.717, 1.165) is 36.4 Å². The fourth-order valence-electron chi connectivity index (χ4n) is 4.94. The van der Waals surface area contributed by atoms with E-state index in [2.05, 4.69) is 10.0 Å². The quantitative estimate of drug-likeness (QED) is 0.770. The molecule has 0 aromatic heterocycles. The zero-order valence-corrected chi connectivity index (χ0v) is 16.0. The average Bonchev–Trinajstić information content (AvgIpc) is 3.34. The summed E-state index contributed by atoms with van der Waals surface area (Å²) in [5.41, 5.74) is 2.75. The number of ether oxygens (including phenoxy) is 1. The molecule has 0 saturated carbocycles. The minimum atomic E-state index is -0.414. The number of fused-ring (bicyclic) bond motifs is 3. The van der Waals surface area contributed by atoms with Crippen molar-refractivity contribution in [3.63, 3.8) is 0 Å². The van der Waals surface area contributed by atoms with Gasteiger partial charge < -0.3 is 4.74 Å². The number of benzene rings is 2. The Bertz CT molecular complexity index is 942. The molecule has 3 fully saturated rings. The lowest BCUT2D eigenvalue weighted by Crippen LogP contribution is -2.44. The molecule has 2 amide bonds. The number of carbonyl (C=O) groups excluding carboxylic acids is 2. The van der Waals surface area contributed by atoms with Gasteiger partial charge in [0, 0.05) is 13.1 Å². The molecule has 0 radical (unpaired) electrons. The number of hydrogen-bond donors (Lipinski definition) is 0. The Morgan fingerprint density at radius 1 is 0.929 bits per heavy atom. The van der Waals surface area contributed by atoms with Gasteiger partial charge in [-0.05, 0) is 48.7 Å². The molecule has 0 unspecified atom stereocenters. The van der Waals surface area contributed by atoms with Gasteiger partial charge in [-0.1, -0.05) is 24.3 Å². The fraction of sp³-hybridized carbons (Fsp3) is 0.364. The second-order valence-electron chi connectivity index (χ2n) is 7.72. The molecule has 3 atom stereocenters. The Labute approximate surface area is 164 Å². The molecule has 3 aliphatic rings. The molecule has 3 heterocycles. The Morgan fingerprint density at radius 2 is 1.64 bits per heavy atom. The van der Waals surface area contributed by atoms with Crippen molar-refractivity contribution < 1.29 is 14.3 Å². The van der Waals surface area contributed by atoms with E-state index in [4.69, 9.17) is 4.74 Å². The van der Waals surface area contributed by atoms with Crippen LogP contribution < -0.4 is 9.64 Å². The Kier molecular flexibility index (Phi) is 4.00. The van der Waals surface area contributed by atoms with Crippen LogP contribution in [0.5, 0.6) is 5.75 Å². The number of hydrogen-bond acceptors (Lipinski definition) is 5. The highest BCUT2D eigenvalue weighted by Gasteiger charge is 2.62. The number of carbonyl (C=O) groups is 2. The summed E-state index contributed by atoms with van der Waals surface area (Å²) in [6, 6.07) is 14.9. The average molecular weight is 377 g/mol. The molecule has 3 saturated heterocycles. The summed E-state index contributed by atoms with van der Waals surface area (Å²) in [4.78, 5) is 28.2. The van der Waals surface area contributed by atoms with Crippen LogP contribution in [-0.2, 0) is 9.59 Å². The highest BCUT2D eigenvalue weighted by Crippen LogP contribution is 2.49. The Hall–Kier alpha value is -2.70. The van der Waals surface area contributed by atoms with E-state index in [9.17, 15) is 9.59 Å². The Balaban J connectivity index is 1.56. The number of rotatable bonds is 3. The van der Waals surface area contributed by atoms with Gasteiger partial charge in [0.1, 0.15) is 11.8 Å². The number of methoxy groups -OCH3 is 1. The molecular formula is C22H23N3O3. The summed E-state index contributed by atoms with van der Waals surface area (Å²) in [5.74, 6) is 0.188. The zero-order chi connectivity index (χ0) is 19.4. The van der Waals surface area contributed by atoms with Gasteiger partial charge in [0.05, 0.1) is 24.8 Å². The first-order valence-corrected chi connectivity index (χ1v) is 9.72. The predicted molar refractivity (Wildman–Crippen MR) is 105 cm³/mol. The van der Waals surface area contributed by atoms with Crippen LogP contribution in [-0.4, -0.2) is 48.1 Å². The van der Waals surface area contributed by atoms with Crippen LogP contribution in [0.15, 0.2) is 48.5 Å². The molecule has 2 aromatic rings. The second-order valence-corrected chi connectivity index (χ2v) is 7.72. The van der Waals surface area contributed by atoms with Crippen molar-refractivity contribution in [3.8, 4) is 5.75 Å². The third-order valence-electron chi connectivity index (χ3n) is 6.12. The van der Waals surface area contributed by atoms with Crippen molar-refractivity contribution in [1.82, 2.24) is 10.0 Å². The molecule has 28 heavy (non-hydrogen) atoms. The van der Waals surface area contributed by atoms with E-state index in [0.29, 0.717) is 5.69 Å². The van der Waals surface area contributed by atoms with E-state index in [1.807, 2.05) is 55.5 Å². The lowest BCUT2D eigenvalue weighted by molar-refractivity contribution is -0.126. The van der Waals surface area contributed by atoms with Crippen LogP contribution in [0.3, 0.4) is 0 Å². The third kappa shape index (κ3) is 2.41. The van der Waals surface area contributed by atoms with Crippen LogP contribution in [0, 0.1) is 12.8 Å². The molecule has 0 bridgehead atoms. The van der Waals surface area contributed by atoms with Crippen molar-refractivity contribution in [3.05, 3.63) is 59.7 Å². The molecule has 144 valence electrons. The fourth-order valence-corrected chi connectivity index (χ4v) is 4.94. The molecule has 0 aliphatic carbocycles. The molecule has 6 nitrogen and oxygen atoms in total. The highest BCUT2D eigenvalue weighted by atomic mass is 16.5. The first-order valence-electron chi connectivity index (χ1n) is 9.72. The van der Waals surface area contributed by atoms with E-state index < -0.39 is 6.04 Å². The van der Waals surface area contributed by atoms with Crippen molar-refractivity contribution in [2.24, 2.45) is 5.92 Å². The second kappa shape index (κ2) is 6.43. The highest BCUT2D eigenvalue weighted by molar-refractivity contribution is 6.24. The van der Waals surface area contributed by atoms with Gasteiger partial charge in [-0.3, -0.25) is 9.59 Å². The van der Waals surface area contributed by atoms with Gasteiger partial charge in [-0.25, -0.2) is 14.9 Å². The third-order valence-corrected chi connectivity index (χ3v) is 6.12. The minimum Gasteiger partial charge on any atom is -0.497 e. The molecule has 0 N–H and O–H groups in total. The molecule has 0 spiro atoms. The first-order chi connectivity index (χ1) is 13.6. The van der Waals surface area contributed by atoms with Crippen LogP contribution in [0.1, 0.15) is 23.6 Å². The summed E-state index contributed by atoms with van der Waals surface area (Å²) in [6.07, 6.45) is 1.00. The van der Waals surface area contributed by atoms with Gasteiger partial charge >= 0.3 is 0 Å². The van der Waals surface area contributed by atoms with Crippen LogP contribution in [0.2, 0.25) is 0 Å². The van der Waals surface area contributed by atoms with E-state index >= 15 is 0 Å². The number of amides is 2. The molecule has 3 aliphatic heterocycles. The smallest absolute Gasteiger partial charge is 0.253 e. The maximum Gasteiger partial charge on any atom is 0.253 e. The monoisotopic (exact) mass is 377 g/mol. The molecule has 2 aromatic carbocycles. The first kappa shape index (κ1) is 17.4. The Morgan fingerprint density at radius 3 is 2.32 bits per heavy atom. The molecule has 6 heteroatoms. The number of nitrogens with zero attached hydrogens (tertiary/aromatic N) is 3. The van der Waals surface area contributed by atoms with Gasteiger partial charge in [0.25, 0.3) is 5.91 Å². The van der Waals surface area contributed by atoms with E-state index in [1.54, 1.807) is 7.11 Å². The van der Waals surface area contributed by atoms with Crippen LogP contribution in [0.4, 0.5) is 5.69 Å². The summed E-state index contributed by atoms with van der Waals surface area (Å²) < 4.78 is 5.28. The van der Waals surface area contributed by atoms with E-state index in [1.165, 1.54) is 4.90 Å². The predicted octanol–water partition coefficient (Wildman–Crippen LogP) is 2.54.